The zero-order valence-electron chi connectivity index (χ0n) is 17.0. The average Bonchev–Trinajstić information content (AvgIpc) is 2.84. The summed E-state index contributed by atoms with van der Waals surface area (Å²) in [6, 6.07) is 24.5. The van der Waals surface area contributed by atoms with Gasteiger partial charge in [-0.1, -0.05) is 36.4 Å². The Hall–Kier alpha value is -4.45. The Balaban J connectivity index is 1.44. The van der Waals surface area contributed by atoms with Crippen molar-refractivity contribution < 1.29 is 14.6 Å². The third-order valence-corrected chi connectivity index (χ3v) is 5.21. The molecule has 2 aromatic heterocycles. The number of nitrogens with one attached hydrogen (secondary N) is 1. The molecule has 0 bridgehead atoms. The summed E-state index contributed by atoms with van der Waals surface area (Å²) < 4.78 is 5.85. The monoisotopic (exact) mass is 421 g/mol. The number of rotatable bonds is 6. The van der Waals surface area contributed by atoms with E-state index in [1.54, 1.807) is 30.6 Å². The van der Waals surface area contributed by atoms with Gasteiger partial charge in [0.15, 0.2) is 0 Å². The highest BCUT2D eigenvalue weighted by Gasteiger charge is 2.11. The van der Waals surface area contributed by atoms with Crippen molar-refractivity contribution in [3.8, 4) is 5.75 Å². The van der Waals surface area contributed by atoms with Crippen LogP contribution >= 0.6 is 0 Å². The van der Waals surface area contributed by atoms with Crippen molar-refractivity contribution in [1.29, 1.82) is 0 Å². The number of pyridine rings is 2. The summed E-state index contributed by atoms with van der Waals surface area (Å²) in [4.78, 5) is 20.3. The number of ether oxygens (including phenoxy) is 1. The maximum absolute atomic E-state index is 11.4. The van der Waals surface area contributed by atoms with E-state index in [0.717, 1.165) is 33.2 Å². The summed E-state index contributed by atoms with van der Waals surface area (Å²) >= 11 is 0. The van der Waals surface area contributed by atoms with Crippen LogP contribution in [0.3, 0.4) is 0 Å². The minimum atomic E-state index is -0.986. The van der Waals surface area contributed by atoms with Crippen LogP contribution in [0, 0.1) is 0 Å². The zero-order chi connectivity index (χ0) is 21.9. The summed E-state index contributed by atoms with van der Waals surface area (Å²) in [5.41, 5.74) is 2.74. The number of benzene rings is 3. The average molecular weight is 421 g/mol. The molecule has 0 aliphatic heterocycles. The summed E-state index contributed by atoms with van der Waals surface area (Å²) in [5.74, 6) is 0.419. The Morgan fingerprint density at radius 1 is 0.906 bits per heavy atom. The van der Waals surface area contributed by atoms with Crippen LogP contribution in [0.5, 0.6) is 5.75 Å². The smallest absolute Gasteiger partial charge is 0.335 e. The van der Waals surface area contributed by atoms with E-state index < -0.39 is 5.97 Å². The van der Waals surface area contributed by atoms with Crippen molar-refractivity contribution in [2.45, 2.75) is 6.61 Å². The van der Waals surface area contributed by atoms with Gasteiger partial charge >= 0.3 is 5.97 Å². The lowest BCUT2D eigenvalue weighted by Crippen LogP contribution is -1.99. The predicted octanol–water partition coefficient (Wildman–Crippen LogP) is 5.80. The highest BCUT2D eigenvalue weighted by molar-refractivity contribution is 6.11. The second kappa shape index (κ2) is 8.35. The first-order valence-corrected chi connectivity index (χ1v) is 10.1. The number of nitrogens with zero attached hydrogens (tertiary/aromatic N) is 2. The maximum Gasteiger partial charge on any atom is 0.335 e. The van der Waals surface area contributed by atoms with E-state index in [1.807, 2.05) is 60.7 Å². The summed E-state index contributed by atoms with van der Waals surface area (Å²) in [6.45, 7) is 0.503. The molecule has 5 rings (SSSR count). The number of hydrogen-bond acceptors (Lipinski definition) is 5. The molecule has 0 saturated carbocycles. The highest BCUT2D eigenvalue weighted by atomic mass is 16.5. The van der Waals surface area contributed by atoms with Crippen LogP contribution in [-0.4, -0.2) is 21.0 Å². The molecular formula is C26H19N3O3. The van der Waals surface area contributed by atoms with Crippen LogP contribution in [-0.2, 0) is 6.61 Å². The Kier molecular flexibility index (Phi) is 5.09. The van der Waals surface area contributed by atoms with Crippen LogP contribution in [0.4, 0.5) is 11.5 Å². The van der Waals surface area contributed by atoms with E-state index >= 15 is 0 Å². The van der Waals surface area contributed by atoms with E-state index in [2.05, 4.69) is 10.3 Å². The predicted molar refractivity (Wildman–Crippen MR) is 125 cm³/mol. The van der Waals surface area contributed by atoms with Gasteiger partial charge in [0.1, 0.15) is 18.2 Å². The molecule has 2 heterocycles. The number of aromatic carboxylic acids is 1. The molecule has 0 unspecified atom stereocenters. The minimum absolute atomic E-state index is 0.194. The quantitative estimate of drug-likeness (QED) is 0.337. The van der Waals surface area contributed by atoms with Crippen molar-refractivity contribution in [2.24, 2.45) is 0 Å². The van der Waals surface area contributed by atoms with Crippen molar-refractivity contribution in [3.63, 3.8) is 0 Å². The van der Waals surface area contributed by atoms with Crippen molar-refractivity contribution >= 4 is 39.1 Å². The number of fused-ring (bicyclic) bond motifs is 3. The second-order valence-electron chi connectivity index (χ2n) is 7.34. The molecule has 156 valence electrons. The number of hydrogen-bond donors (Lipinski definition) is 2. The van der Waals surface area contributed by atoms with Gasteiger partial charge in [0.05, 0.1) is 11.1 Å². The van der Waals surface area contributed by atoms with Crippen molar-refractivity contribution in [2.75, 3.05) is 5.32 Å². The van der Waals surface area contributed by atoms with Crippen LogP contribution in [0.1, 0.15) is 15.9 Å². The molecule has 0 radical (unpaired) electrons. The lowest BCUT2D eigenvalue weighted by molar-refractivity contribution is 0.0697. The van der Waals surface area contributed by atoms with Crippen LogP contribution in [0.2, 0.25) is 0 Å². The number of anilines is 2. The van der Waals surface area contributed by atoms with Crippen LogP contribution in [0.15, 0.2) is 91.3 Å². The van der Waals surface area contributed by atoms with Gasteiger partial charge in [0, 0.05) is 34.2 Å². The third-order valence-electron chi connectivity index (χ3n) is 5.21. The largest absolute Gasteiger partial charge is 0.489 e. The third kappa shape index (κ3) is 3.94. The molecule has 0 amide bonds. The van der Waals surface area contributed by atoms with E-state index in [9.17, 15) is 9.90 Å². The fourth-order valence-corrected chi connectivity index (χ4v) is 3.59. The number of carbonyl (C=O) groups is 1. The molecule has 6 nitrogen and oxygen atoms in total. The topological polar surface area (TPSA) is 84.3 Å². The molecular weight excluding hydrogens is 402 g/mol. The first kappa shape index (κ1) is 19.5. The lowest BCUT2D eigenvalue weighted by Gasteiger charge is -2.12. The van der Waals surface area contributed by atoms with E-state index in [0.29, 0.717) is 17.9 Å². The molecule has 0 saturated heterocycles. The number of carboxylic acids is 1. The van der Waals surface area contributed by atoms with Gasteiger partial charge in [-0.2, -0.15) is 0 Å². The first-order chi connectivity index (χ1) is 15.7. The van der Waals surface area contributed by atoms with Gasteiger partial charge in [-0.15, -0.1) is 0 Å². The Labute approximate surface area is 184 Å². The highest BCUT2D eigenvalue weighted by Crippen LogP contribution is 2.31. The Morgan fingerprint density at radius 3 is 2.50 bits per heavy atom. The molecule has 32 heavy (non-hydrogen) atoms. The van der Waals surface area contributed by atoms with E-state index in [4.69, 9.17) is 9.72 Å². The van der Waals surface area contributed by atoms with E-state index in [-0.39, 0.29) is 5.56 Å². The fourth-order valence-electron chi connectivity index (χ4n) is 3.59. The van der Waals surface area contributed by atoms with Gasteiger partial charge in [-0.3, -0.25) is 4.98 Å². The van der Waals surface area contributed by atoms with Crippen LogP contribution < -0.4 is 10.1 Å². The van der Waals surface area contributed by atoms with Crippen LogP contribution in [0.25, 0.3) is 21.7 Å². The SMILES string of the molecule is O=C(O)c1ccc2c(c1)nc(Nc1ccc(OCc3ccccc3)cc1)c1ccncc12. The zero-order valence-corrected chi connectivity index (χ0v) is 17.0. The molecule has 0 aliphatic carbocycles. The molecule has 0 fully saturated rings. The molecule has 0 spiro atoms. The minimum Gasteiger partial charge on any atom is -0.489 e. The standard InChI is InChI=1S/C26H19N3O3/c30-26(31)18-6-11-21-23-15-27-13-12-22(23)25(29-24(21)14-18)28-19-7-9-20(10-8-19)32-16-17-4-2-1-3-5-17/h1-15H,16H2,(H,28,29)(H,30,31). The number of carboxylic acid groups (broad SMARTS) is 1. The van der Waals surface area contributed by atoms with E-state index in [1.165, 1.54) is 0 Å². The van der Waals surface area contributed by atoms with Gasteiger partial charge in [0.25, 0.3) is 0 Å². The Bertz CT molecular complexity index is 1420. The molecule has 0 aliphatic rings. The first-order valence-electron chi connectivity index (χ1n) is 10.1. The molecule has 6 heteroatoms. The van der Waals surface area contributed by atoms with Gasteiger partial charge < -0.3 is 15.2 Å². The normalized spacial score (nSPS) is 10.9. The van der Waals surface area contributed by atoms with Crippen molar-refractivity contribution in [1.82, 2.24) is 9.97 Å². The molecule has 2 N–H and O–H groups in total. The maximum atomic E-state index is 11.4. The number of aromatic nitrogens is 2. The summed E-state index contributed by atoms with van der Waals surface area (Å²) in [5, 5.41) is 15.3. The van der Waals surface area contributed by atoms with Crippen molar-refractivity contribution in [3.05, 3.63) is 102 Å². The Morgan fingerprint density at radius 2 is 1.72 bits per heavy atom. The van der Waals surface area contributed by atoms with Gasteiger partial charge in [-0.25, -0.2) is 9.78 Å². The summed E-state index contributed by atoms with van der Waals surface area (Å²) in [7, 11) is 0. The molecule has 3 aromatic carbocycles. The molecule has 0 atom stereocenters. The second-order valence-corrected chi connectivity index (χ2v) is 7.34. The van der Waals surface area contributed by atoms with Gasteiger partial charge in [0.2, 0.25) is 0 Å². The molecule has 5 aromatic rings. The lowest BCUT2D eigenvalue weighted by atomic mass is 10.1. The fraction of sp³-hybridized carbons (Fsp3) is 0.0385. The summed E-state index contributed by atoms with van der Waals surface area (Å²) in [6.07, 6.45) is 3.48. The van der Waals surface area contributed by atoms with Gasteiger partial charge in [-0.05, 0) is 48.0 Å².